The summed E-state index contributed by atoms with van der Waals surface area (Å²) >= 11 is 0. The van der Waals surface area contributed by atoms with Crippen molar-refractivity contribution in [1.29, 1.82) is 0 Å². The number of hydrogen-bond acceptors (Lipinski definition) is 3. The topological polar surface area (TPSA) is 52.5 Å². The van der Waals surface area contributed by atoms with E-state index in [1.54, 1.807) is 0 Å². The minimum absolute atomic E-state index is 0.199. The zero-order valence-electron chi connectivity index (χ0n) is 9.25. The van der Waals surface area contributed by atoms with Gasteiger partial charge in [-0.3, -0.25) is 0 Å². The molecule has 3 aliphatic rings. The minimum atomic E-state index is -0.910. The van der Waals surface area contributed by atoms with E-state index < -0.39 is 11.7 Å². The van der Waals surface area contributed by atoms with Gasteiger partial charge in [0, 0.05) is 6.54 Å². The van der Waals surface area contributed by atoms with Gasteiger partial charge in [0.05, 0.1) is 6.10 Å². The molecule has 0 unspecified atom stereocenters. The first-order chi connectivity index (χ1) is 6.43. The molecule has 3 rings (SSSR count). The van der Waals surface area contributed by atoms with Gasteiger partial charge < -0.3 is 15.5 Å². The number of hydrogen-bond donors (Lipinski definition) is 3. The molecule has 82 valence electrons. The van der Waals surface area contributed by atoms with Gasteiger partial charge >= 0.3 is 0 Å². The van der Waals surface area contributed by atoms with E-state index in [1.807, 2.05) is 7.05 Å². The Kier molecular flexibility index (Phi) is 2.18. The van der Waals surface area contributed by atoms with Crippen LogP contribution in [-0.2, 0) is 0 Å². The Balaban J connectivity index is 2.22. The molecule has 3 fully saturated rings. The first kappa shape index (κ1) is 10.4. The molecular formula is C11H21NO2. The van der Waals surface area contributed by atoms with Crippen molar-refractivity contribution in [2.45, 2.75) is 38.4 Å². The van der Waals surface area contributed by atoms with Crippen LogP contribution in [0.1, 0.15) is 26.7 Å². The van der Waals surface area contributed by atoms with Crippen LogP contribution in [0.3, 0.4) is 0 Å². The molecule has 2 bridgehead atoms. The summed E-state index contributed by atoms with van der Waals surface area (Å²) in [6.07, 6.45) is 1.27. The molecule has 0 aromatic carbocycles. The van der Waals surface area contributed by atoms with Gasteiger partial charge in [0.1, 0.15) is 5.60 Å². The first-order valence-electron chi connectivity index (χ1n) is 5.48. The van der Waals surface area contributed by atoms with Crippen LogP contribution in [0.5, 0.6) is 0 Å². The molecule has 0 amide bonds. The molecule has 3 heteroatoms. The van der Waals surface area contributed by atoms with Crippen molar-refractivity contribution in [2.24, 2.45) is 17.3 Å². The number of likely N-dealkylation sites (N-methyl/N-ethyl adjacent to an activating group) is 1. The molecule has 3 saturated carbocycles. The maximum absolute atomic E-state index is 10.5. The number of nitrogens with one attached hydrogen (secondary N) is 1. The van der Waals surface area contributed by atoms with E-state index in [0.717, 1.165) is 12.8 Å². The maximum Gasteiger partial charge on any atom is 0.106 e. The summed E-state index contributed by atoms with van der Waals surface area (Å²) in [5, 5.41) is 23.4. The van der Waals surface area contributed by atoms with E-state index in [-0.39, 0.29) is 11.3 Å². The van der Waals surface area contributed by atoms with E-state index in [1.165, 1.54) is 0 Å². The van der Waals surface area contributed by atoms with Gasteiger partial charge in [-0.1, -0.05) is 13.8 Å². The molecule has 0 aromatic rings. The van der Waals surface area contributed by atoms with E-state index in [4.69, 9.17) is 0 Å². The van der Waals surface area contributed by atoms with E-state index >= 15 is 0 Å². The monoisotopic (exact) mass is 199 g/mol. The Hall–Kier alpha value is -0.120. The fraction of sp³-hybridized carbons (Fsp3) is 1.00. The molecule has 3 aliphatic carbocycles. The van der Waals surface area contributed by atoms with Gasteiger partial charge in [-0.05, 0) is 37.1 Å². The summed E-state index contributed by atoms with van der Waals surface area (Å²) < 4.78 is 0. The third kappa shape index (κ3) is 1.09. The number of aliphatic hydroxyl groups is 2. The first-order valence-corrected chi connectivity index (χ1v) is 5.48. The second kappa shape index (κ2) is 2.94. The van der Waals surface area contributed by atoms with Gasteiger partial charge in [-0.15, -0.1) is 0 Å². The highest BCUT2D eigenvalue weighted by Gasteiger charge is 2.64. The fourth-order valence-corrected chi connectivity index (χ4v) is 3.49. The number of fused-ring (bicyclic) bond motifs is 2. The van der Waals surface area contributed by atoms with Crippen molar-refractivity contribution >= 4 is 0 Å². The van der Waals surface area contributed by atoms with Crippen molar-refractivity contribution in [3.8, 4) is 0 Å². The lowest BCUT2D eigenvalue weighted by atomic mass is 9.43. The lowest BCUT2D eigenvalue weighted by Gasteiger charge is -2.65. The third-order valence-electron chi connectivity index (χ3n) is 4.62. The Bertz CT molecular complexity index is 241. The zero-order valence-corrected chi connectivity index (χ0v) is 9.25. The quantitative estimate of drug-likeness (QED) is 0.602. The van der Waals surface area contributed by atoms with Crippen molar-refractivity contribution in [3.63, 3.8) is 0 Å². The van der Waals surface area contributed by atoms with E-state index in [0.29, 0.717) is 12.5 Å². The normalized spacial score (nSPS) is 49.9. The molecule has 0 radical (unpaired) electrons. The van der Waals surface area contributed by atoms with Crippen LogP contribution in [0.25, 0.3) is 0 Å². The molecule has 4 atom stereocenters. The molecule has 0 aromatic heterocycles. The largest absolute Gasteiger partial charge is 0.390 e. The van der Waals surface area contributed by atoms with E-state index in [9.17, 15) is 10.2 Å². The molecule has 0 saturated heterocycles. The number of aliphatic hydroxyl groups excluding tert-OH is 1. The minimum Gasteiger partial charge on any atom is -0.390 e. The SMILES string of the molecule is CNC[C@@]1(O)[C@@H]2C[C@H](C[C@@H]1O)C2(C)C. The van der Waals surface area contributed by atoms with E-state index in [2.05, 4.69) is 19.2 Å². The van der Waals surface area contributed by atoms with Crippen LogP contribution in [0, 0.1) is 17.3 Å². The molecule has 0 aliphatic heterocycles. The van der Waals surface area contributed by atoms with Gasteiger partial charge in [-0.2, -0.15) is 0 Å². The van der Waals surface area contributed by atoms with Gasteiger partial charge in [0.2, 0.25) is 0 Å². The standard InChI is InChI=1S/C11H21NO2/c1-10(2)7-4-8(10)11(14,6-12-3)9(13)5-7/h7-9,12-14H,4-6H2,1-3H3/t7-,8-,9+,11-/m1/s1. The average molecular weight is 199 g/mol. The summed E-state index contributed by atoms with van der Waals surface area (Å²) in [7, 11) is 1.82. The van der Waals surface area contributed by atoms with Crippen LogP contribution in [0.2, 0.25) is 0 Å². The number of rotatable bonds is 2. The Labute approximate surface area is 85.5 Å². The van der Waals surface area contributed by atoms with Crippen molar-refractivity contribution < 1.29 is 10.2 Å². The van der Waals surface area contributed by atoms with Crippen molar-refractivity contribution in [3.05, 3.63) is 0 Å². The van der Waals surface area contributed by atoms with Gasteiger partial charge in [-0.25, -0.2) is 0 Å². The Morgan fingerprint density at radius 1 is 1.36 bits per heavy atom. The smallest absolute Gasteiger partial charge is 0.106 e. The summed E-state index contributed by atoms with van der Waals surface area (Å²) in [6, 6.07) is 0. The highest BCUT2D eigenvalue weighted by Crippen LogP contribution is 2.62. The summed E-state index contributed by atoms with van der Waals surface area (Å²) in [6.45, 7) is 4.91. The molecule has 3 N–H and O–H groups in total. The van der Waals surface area contributed by atoms with Crippen LogP contribution in [0.15, 0.2) is 0 Å². The fourth-order valence-electron chi connectivity index (χ4n) is 3.49. The highest BCUT2D eigenvalue weighted by atomic mass is 16.3. The molecule has 14 heavy (non-hydrogen) atoms. The summed E-state index contributed by atoms with van der Waals surface area (Å²) in [5.74, 6) is 0.843. The highest BCUT2D eigenvalue weighted by molar-refractivity contribution is 5.14. The van der Waals surface area contributed by atoms with Gasteiger partial charge in [0.15, 0.2) is 0 Å². The molecule has 0 heterocycles. The maximum atomic E-state index is 10.5. The Morgan fingerprint density at radius 2 is 2.00 bits per heavy atom. The predicted octanol–water partition coefficient (Wildman–Crippen LogP) is 0.364. The third-order valence-corrected chi connectivity index (χ3v) is 4.62. The van der Waals surface area contributed by atoms with Crippen LogP contribution < -0.4 is 5.32 Å². The zero-order chi connectivity index (χ0) is 10.6. The lowest BCUT2D eigenvalue weighted by Crippen LogP contribution is -2.70. The average Bonchev–Trinajstić information content (AvgIpc) is 2.09. The van der Waals surface area contributed by atoms with Crippen molar-refractivity contribution in [1.82, 2.24) is 5.32 Å². The second-order valence-corrected chi connectivity index (χ2v) is 5.58. The second-order valence-electron chi connectivity index (χ2n) is 5.58. The molecular weight excluding hydrogens is 178 g/mol. The van der Waals surface area contributed by atoms with Crippen LogP contribution in [-0.4, -0.2) is 35.5 Å². The molecule has 0 spiro atoms. The van der Waals surface area contributed by atoms with Gasteiger partial charge in [0.25, 0.3) is 0 Å². The summed E-state index contributed by atoms with van der Waals surface area (Å²) in [4.78, 5) is 0. The predicted molar refractivity (Wildman–Crippen MR) is 54.9 cm³/mol. The summed E-state index contributed by atoms with van der Waals surface area (Å²) in [5.41, 5.74) is -0.710. The Morgan fingerprint density at radius 3 is 2.50 bits per heavy atom. The van der Waals surface area contributed by atoms with Crippen LogP contribution >= 0.6 is 0 Å². The van der Waals surface area contributed by atoms with Crippen molar-refractivity contribution in [2.75, 3.05) is 13.6 Å². The lowest BCUT2D eigenvalue weighted by molar-refractivity contribution is -0.250. The van der Waals surface area contributed by atoms with Crippen LogP contribution in [0.4, 0.5) is 0 Å². The molecule has 3 nitrogen and oxygen atoms in total.